The minimum atomic E-state index is -0.773. The first kappa shape index (κ1) is 26.4. The largest absolute Gasteiger partial charge is 0.488 e. The smallest absolute Gasteiger partial charge is 0.355 e. The molecule has 8 heteroatoms. The lowest BCUT2D eigenvalue weighted by atomic mass is 9.74. The van der Waals surface area contributed by atoms with Crippen molar-refractivity contribution in [2.75, 3.05) is 19.8 Å². The van der Waals surface area contributed by atoms with Gasteiger partial charge in [-0.15, -0.1) is 6.58 Å². The molecule has 2 aromatic carbocycles. The monoisotopic (exact) mass is 529 g/mol. The maximum atomic E-state index is 13.3. The molecule has 4 atom stereocenters. The Labute approximate surface area is 227 Å². The molecule has 1 amide bonds. The Balaban J connectivity index is 1.41. The molecular weight excluding hydrogens is 498 g/mol. The average molecular weight is 530 g/mol. The van der Waals surface area contributed by atoms with E-state index in [-0.39, 0.29) is 37.3 Å². The van der Waals surface area contributed by atoms with Crippen LogP contribution in [-0.4, -0.2) is 48.6 Å². The standard InChI is InChI=1S/C31H31NO7/c1-5-14-36-31(35)28-23(17-37-24-13-9-11-21-16-20-10-7-8-12-22(20)26(21)24)18(3)27-25(29(33)32(27)28)19(4)30(34)39-38-15-6-2/h5-13,18-19,25,27H,1-2,14-17H2,3-4H3/t18-,19?,25?,27?/m0/s1. The van der Waals surface area contributed by atoms with Crippen LogP contribution in [0.4, 0.5) is 0 Å². The highest BCUT2D eigenvalue weighted by Crippen LogP contribution is 2.49. The minimum Gasteiger partial charge on any atom is -0.488 e. The number of carbonyl (C=O) groups is 3. The summed E-state index contributed by atoms with van der Waals surface area (Å²) in [5.74, 6) is -2.60. The van der Waals surface area contributed by atoms with Crippen molar-refractivity contribution in [1.29, 1.82) is 0 Å². The highest BCUT2D eigenvalue weighted by molar-refractivity contribution is 6.02. The van der Waals surface area contributed by atoms with Crippen LogP contribution in [0, 0.1) is 17.8 Å². The topological polar surface area (TPSA) is 91.4 Å². The van der Waals surface area contributed by atoms with Crippen molar-refractivity contribution in [2.45, 2.75) is 26.3 Å². The van der Waals surface area contributed by atoms with Gasteiger partial charge in [0, 0.05) is 17.1 Å². The number of hydrogen-bond acceptors (Lipinski definition) is 7. The van der Waals surface area contributed by atoms with Crippen molar-refractivity contribution < 1.29 is 33.6 Å². The number of carbonyl (C=O) groups excluding carboxylic acids is 3. The molecule has 8 nitrogen and oxygen atoms in total. The molecule has 3 unspecified atom stereocenters. The zero-order chi connectivity index (χ0) is 27.7. The predicted octanol–water partition coefficient (Wildman–Crippen LogP) is 4.39. The third-order valence-corrected chi connectivity index (χ3v) is 7.72. The summed E-state index contributed by atoms with van der Waals surface area (Å²) in [4.78, 5) is 50.1. The van der Waals surface area contributed by atoms with Gasteiger partial charge in [-0.05, 0) is 29.2 Å². The van der Waals surface area contributed by atoms with E-state index in [2.05, 4.69) is 31.4 Å². The van der Waals surface area contributed by atoms with Gasteiger partial charge in [-0.25, -0.2) is 9.59 Å². The predicted molar refractivity (Wildman–Crippen MR) is 143 cm³/mol. The molecule has 2 heterocycles. The van der Waals surface area contributed by atoms with Crippen LogP contribution in [0.1, 0.15) is 25.0 Å². The molecule has 1 fully saturated rings. The van der Waals surface area contributed by atoms with Gasteiger partial charge in [-0.2, -0.15) is 4.89 Å². The summed E-state index contributed by atoms with van der Waals surface area (Å²) in [6.45, 7) is 10.8. The van der Waals surface area contributed by atoms with Gasteiger partial charge in [0.2, 0.25) is 5.91 Å². The highest BCUT2D eigenvalue weighted by Gasteiger charge is 2.61. The molecule has 0 saturated carbocycles. The molecule has 0 aromatic heterocycles. The van der Waals surface area contributed by atoms with E-state index in [1.807, 2.05) is 31.2 Å². The van der Waals surface area contributed by atoms with Gasteiger partial charge < -0.3 is 14.4 Å². The fourth-order valence-corrected chi connectivity index (χ4v) is 5.84. The lowest BCUT2D eigenvalue weighted by molar-refractivity contribution is -0.271. The number of nitrogens with zero attached hydrogens (tertiary/aromatic N) is 1. The molecule has 0 bridgehead atoms. The number of β-lactam (4-membered cyclic amide) rings is 1. The Morgan fingerprint density at radius 2 is 1.82 bits per heavy atom. The van der Waals surface area contributed by atoms with Gasteiger partial charge in [0.15, 0.2) is 0 Å². The first-order valence-electron chi connectivity index (χ1n) is 13.0. The van der Waals surface area contributed by atoms with Crippen molar-refractivity contribution in [3.63, 3.8) is 0 Å². The van der Waals surface area contributed by atoms with E-state index in [4.69, 9.17) is 19.2 Å². The maximum absolute atomic E-state index is 13.3. The second kappa shape index (κ2) is 10.9. The van der Waals surface area contributed by atoms with Crippen LogP contribution in [0.15, 0.2) is 79.0 Å². The van der Waals surface area contributed by atoms with Gasteiger partial charge in [0.25, 0.3) is 0 Å². The van der Waals surface area contributed by atoms with E-state index in [0.717, 1.165) is 17.5 Å². The zero-order valence-corrected chi connectivity index (χ0v) is 22.1. The van der Waals surface area contributed by atoms with Crippen LogP contribution < -0.4 is 4.74 Å². The van der Waals surface area contributed by atoms with E-state index >= 15 is 0 Å². The molecule has 1 saturated heterocycles. The maximum Gasteiger partial charge on any atom is 0.355 e. The minimum absolute atomic E-state index is 0.00727. The second-order valence-electron chi connectivity index (χ2n) is 9.95. The first-order valence-corrected chi connectivity index (χ1v) is 13.0. The third-order valence-electron chi connectivity index (χ3n) is 7.72. The normalized spacial score (nSPS) is 21.3. The summed E-state index contributed by atoms with van der Waals surface area (Å²) in [7, 11) is 0. The molecule has 0 N–H and O–H groups in total. The highest BCUT2D eigenvalue weighted by atomic mass is 17.2. The second-order valence-corrected chi connectivity index (χ2v) is 9.95. The molecule has 2 aromatic rings. The lowest BCUT2D eigenvalue weighted by Gasteiger charge is -2.47. The Bertz CT molecular complexity index is 1380. The van der Waals surface area contributed by atoms with E-state index in [0.29, 0.717) is 11.3 Å². The van der Waals surface area contributed by atoms with Crippen LogP contribution in [0.25, 0.3) is 11.1 Å². The Morgan fingerprint density at radius 1 is 1.08 bits per heavy atom. The van der Waals surface area contributed by atoms with Crippen molar-refractivity contribution in [3.05, 3.63) is 90.2 Å². The van der Waals surface area contributed by atoms with Crippen LogP contribution in [0.3, 0.4) is 0 Å². The fraction of sp³-hybridized carbons (Fsp3) is 0.323. The van der Waals surface area contributed by atoms with E-state index in [1.54, 1.807) is 6.92 Å². The number of esters is 1. The number of fused-ring (bicyclic) bond motifs is 4. The number of amides is 1. The molecule has 0 radical (unpaired) electrons. The summed E-state index contributed by atoms with van der Waals surface area (Å²) in [6.07, 6.45) is 3.75. The summed E-state index contributed by atoms with van der Waals surface area (Å²) in [6, 6.07) is 13.8. The molecule has 202 valence electrons. The van der Waals surface area contributed by atoms with Crippen molar-refractivity contribution in [1.82, 2.24) is 4.90 Å². The van der Waals surface area contributed by atoms with Gasteiger partial charge in [0.05, 0.1) is 17.9 Å². The van der Waals surface area contributed by atoms with E-state index in [1.165, 1.54) is 28.2 Å². The Kier molecular flexibility index (Phi) is 7.39. The third kappa shape index (κ3) is 4.55. The van der Waals surface area contributed by atoms with Crippen molar-refractivity contribution in [2.24, 2.45) is 17.8 Å². The van der Waals surface area contributed by atoms with Gasteiger partial charge >= 0.3 is 11.9 Å². The first-order chi connectivity index (χ1) is 18.9. The van der Waals surface area contributed by atoms with Crippen molar-refractivity contribution >= 4 is 17.8 Å². The van der Waals surface area contributed by atoms with Gasteiger partial charge in [-0.3, -0.25) is 9.68 Å². The molecular formula is C31H31NO7. The van der Waals surface area contributed by atoms with Crippen LogP contribution in [0.5, 0.6) is 5.75 Å². The number of ether oxygens (including phenoxy) is 2. The zero-order valence-electron chi connectivity index (χ0n) is 22.1. The number of rotatable bonds is 11. The van der Waals surface area contributed by atoms with Crippen LogP contribution in [0.2, 0.25) is 0 Å². The average Bonchev–Trinajstić information content (AvgIpc) is 3.44. The number of benzene rings is 2. The Hall–Kier alpha value is -4.17. The molecule has 1 aliphatic carbocycles. The summed E-state index contributed by atoms with van der Waals surface area (Å²) >= 11 is 0. The summed E-state index contributed by atoms with van der Waals surface area (Å²) < 4.78 is 11.7. The lowest BCUT2D eigenvalue weighted by Crippen LogP contribution is -2.63. The summed E-state index contributed by atoms with van der Waals surface area (Å²) in [5.41, 5.74) is 5.42. The Morgan fingerprint density at radius 3 is 2.59 bits per heavy atom. The number of hydrogen-bond donors (Lipinski definition) is 0. The van der Waals surface area contributed by atoms with E-state index < -0.39 is 29.8 Å². The van der Waals surface area contributed by atoms with Gasteiger partial charge in [-0.1, -0.05) is 69.0 Å². The molecule has 3 aliphatic rings. The quantitative estimate of drug-likeness (QED) is 0.0908. The van der Waals surface area contributed by atoms with Crippen LogP contribution >= 0.6 is 0 Å². The molecule has 39 heavy (non-hydrogen) atoms. The summed E-state index contributed by atoms with van der Waals surface area (Å²) in [5, 5.41) is 0. The van der Waals surface area contributed by atoms with Gasteiger partial charge in [0.1, 0.15) is 31.3 Å². The molecule has 2 aliphatic heterocycles. The van der Waals surface area contributed by atoms with E-state index in [9.17, 15) is 14.4 Å². The van der Waals surface area contributed by atoms with Crippen molar-refractivity contribution in [3.8, 4) is 16.9 Å². The SMILES string of the molecule is C=CCOOC(=O)C(C)C1C(=O)N2C(C(=O)OCC=C)=C(COc3cccc4c3-c3ccccc3C4)[C@H](C)C12. The molecule has 5 rings (SSSR count). The van der Waals surface area contributed by atoms with Crippen LogP contribution in [-0.2, 0) is 35.3 Å². The molecule has 0 spiro atoms. The fourth-order valence-electron chi connectivity index (χ4n) is 5.84.